The van der Waals surface area contributed by atoms with E-state index in [1.54, 1.807) is 16.7 Å². The molecule has 0 saturated heterocycles. The molecule has 0 heterocycles. The lowest BCUT2D eigenvalue weighted by Gasteiger charge is -2.37. The zero-order valence-electron chi connectivity index (χ0n) is 20.3. The van der Waals surface area contributed by atoms with E-state index in [0.717, 1.165) is 5.92 Å². The van der Waals surface area contributed by atoms with E-state index in [-0.39, 0.29) is 0 Å². The minimum atomic E-state index is 0.515. The van der Waals surface area contributed by atoms with Gasteiger partial charge in [-0.3, -0.25) is 0 Å². The van der Waals surface area contributed by atoms with Gasteiger partial charge in [-0.15, -0.1) is 0 Å². The van der Waals surface area contributed by atoms with Crippen molar-refractivity contribution in [2.24, 2.45) is 5.92 Å². The van der Waals surface area contributed by atoms with Gasteiger partial charge in [0.2, 0.25) is 0 Å². The van der Waals surface area contributed by atoms with Crippen LogP contribution in [0.15, 0.2) is 60.7 Å². The van der Waals surface area contributed by atoms with Crippen molar-refractivity contribution >= 4 is 43.1 Å². The normalized spacial score (nSPS) is 18.9. The molecule has 2 aliphatic carbocycles. The van der Waals surface area contributed by atoms with E-state index >= 15 is 0 Å². The molecule has 0 bridgehead atoms. The third-order valence-electron chi connectivity index (χ3n) is 8.96. The molecule has 2 unspecified atom stereocenters. The zero-order valence-corrected chi connectivity index (χ0v) is 20.3. The largest absolute Gasteiger partial charge is 0.0622 e. The first-order valence-electron chi connectivity index (χ1n) is 12.8. The molecule has 6 aromatic carbocycles. The predicted octanol–water partition coefficient (Wildman–Crippen LogP) is 9.36. The number of fused-ring (bicyclic) bond motifs is 4. The number of aryl methyl sites for hydroxylation is 3. The van der Waals surface area contributed by atoms with Gasteiger partial charge in [0, 0.05) is 5.92 Å². The lowest BCUT2D eigenvalue weighted by molar-refractivity contribution is 0.465. The number of benzene rings is 6. The topological polar surface area (TPSA) is 0 Å². The van der Waals surface area contributed by atoms with Crippen LogP contribution in [-0.2, 0) is 6.42 Å². The molecular formula is C34H28. The molecule has 0 N–H and O–H groups in total. The van der Waals surface area contributed by atoms with Gasteiger partial charge in [-0.05, 0) is 122 Å². The molecule has 0 fully saturated rings. The number of hydrogen-bond donors (Lipinski definition) is 0. The highest BCUT2D eigenvalue weighted by Crippen LogP contribution is 2.55. The van der Waals surface area contributed by atoms with Crippen LogP contribution in [0.1, 0.15) is 52.6 Å². The maximum Gasteiger partial charge on any atom is 0.0107 e. The first-order chi connectivity index (χ1) is 16.5. The van der Waals surface area contributed by atoms with Crippen LogP contribution in [0.3, 0.4) is 0 Å². The van der Waals surface area contributed by atoms with Crippen molar-refractivity contribution in [3.05, 3.63) is 94.0 Å². The highest BCUT2D eigenvalue weighted by molar-refractivity contribution is 6.35. The second-order valence-corrected chi connectivity index (χ2v) is 11.2. The van der Waals surface area contributed by atoms with E-state index in [1.807, 2.05) is 0 Å². The van der Waals surface area contributed by atoms with Crippen molar-refractivity contribution in [3.8, 4) is 11.1 Å². The van der Waals surface area contributed by atoms with E-state index in [1.165, 1.54) is 83.7 Å². The fraction of sp³-hybridized carbons (Fsp3) is 0.235. The van der Waals surface area contributed by atoms with Crippen LogP contribution >= 0.6 is 0 Å². The monoisotopic (exact) mass is 436 g/mol. The summed E-state index contributed by atoms with van der Waals surface area (Å²) >= 11 is 0. The van der Waals surface area contributed by atoms with Crippen molar-refractivity contribution < 1.29 is 0 Å². The first-order valence-corrected chi connectivity index (χ1v) is 12.8. The highest BCUT2D eigenvalue weighted by Gasteiger charge is 2.35. The van der Waals surface area contributed by atoms with Gasteiger partial charge >= 0.3 is 0 Å². The average molecular weight is 437 g/mol. The van der Waals surface area contributed by atoms with Crippen LogP contribution in [0.2, 0.25) is 0 Å². The molecule has 8 rings (SSSR count). The van der Waals surface area contributed by atoms with E-state index in [0.29, 0.717) is 5.92 Å². The predicted molar refractivity (Wildman–Crippen MR) is 147 cm³/mol. The summed E-state index contributed by atoms with van der Waals surface area (Å²) in [6.45, 7) is 9.29. The quantitative estimate of drug-likeness (QED) is 0.164. The number of hydrogen-bond acceptors (Lipinski definition) is 0. The summed E-state index contributed by atoms with van der Waals surface area (Å²) in [4.78, 5) is 0. The molecule has 0 saturated carbocycles. The summed E-state index contributed by atoms with van der Waals surface area (Å²) in [6.07, 6.45) is 2.47. The van der Waals surface area contributed by atoms with Crippen molar-refractivity contribution in [2.45, 2.75) is 46.5 Å². The van der Waals surface area contributed by atoms with Crippen LogP contribution in [0.25, 0.3) is 54.2 Å². The maximum absolute atomic E-state index is 2.51. The molecule has 0 nitrogen and oxygen atoms in total. The summed E-state index contributed by atoms with van der Waals surface area (Å²) in [7, 11) is 0. The smallest absolute Gasteiger partial charge is 0.0107 e. The van der Waals surface area contributed by atoms with Gasteiger partial charge in [0.25, 0.3) is 0 Å². The van der Waals surface area contributed by atoms with Crippen LogP contribution < -0.4 is 0 Å². The Morgan fingerprint density at radius 1 is 0.647 bits per heavy atom. The summed E-state index contributed by atoms with van der Waals surface area (Å²) in [6, 6.07) is 23.9. The third-order valence-corrected chi connectivity index (χ3v) is 8.96. The molecule has 164 valence electrons. The SMILES string of the molecule is Cc1cc2c3c(c1)-c1cc(C)c4c5cccc6c(C)ccc(c7ccc(c1c74)C3CC(C)C2)c65. The second kappa shape index (κ2) is 6.19. The minimum Gasteiger partial charge on any atom is -0.0622 e. The van der Waals surface area contributed by atoms with Gasteiger partial charge in [-0.2, -0.15) is 0 Å². The van der Waals surface area contributed by atoms with Crippen LogP contribution in [0.5, 0.6) is 0 Å². The van der Waals surface area contributed by atoms with Crippen LogP contribution in [-0.4, -0.2) is 0 Å². The van der Waals surface area contributed by atoms with Crippen molar-refractivity contribution in [2.75, 3.05) is 0 Å². The van der Waals surface area contributed by atoms with E-state index in [9.17, 15) is 0 Å². The minimum absolute atomic E-state index is 0.515. The van der Waals surface area contributed by atoms with Crippen molar-refractivity contribution in [1.82, 2.24) is 0 Å². The summed E-state index contributed by atoms with van der Waals surface area (Å²) < 4.78 is 0. The number of rotatable bonds is 0. The van der Waals surface area contributed by atoms with Gasteiger partial charge in [-0.25, -0.2) is 0 Å². The fourth-order valence-electron chi connectivity index (χ4n) is 7.72. The molecule has 2 atom stereocenters. The first kappa shape index (κ1) is 19.0. The summed E-state index contributed by atoms with van der Waals surface area (Å²) in [5, 5.41) is 11.5. The van der Waals surface area contributed by atoms with Gasteiger partial charge in [0.1, 0.15) is 0 Å². The van der Waals surface area contributed by atoms with Gasteiger partial charge in [0.05, 0.1) is 0 Å². The maximum atomic E-state index is 2.51. The van der Waals surface area contributed by atoms with Crippen LogP contribution in [0.4, 0.5) is 0 Å². The Morgan fingerprint density at radius 3 is 2.32 bits per heavy atom. The van der Waals surface area contributed by atoms with Crippen molar-refractivity contribution in [3.63, 3.8) is 0 Å². The molecule has 0 aliphatic heterocycles. The van der Waals surface area contributed by atoms with E-state index in [4.69, 9.17) is 0 Å². The molecule has 2 aliphatic rings. The lowest BCUT2D eigenvalue weighted by atomic mass is 9.66. The molecule has 0 heteroatoms. The summed E-state index contributed by atoms with van der Waals surface area (Å²) in [5.74, 6) is 1.24. The molecule has 0 aromatic heterocycles. The zero-order chi connectivity index (χ0) is 22.9. The lowest BCUT2D eigenvalue weighted by Crippen LogP contribution is -2.21. The van der Waals surface area contributed by atoms with Gasteiger partial charge < -0.3 is 0 Å². The average Bonchev–Trinajstić information content (AvgIpc) is 2.82. The van der Waals surface area contributed by atoms with Crippen molar-refractivity contribution in [1.29, 1.82) is 0 Å². The highest BCUT2D eigenvalue weighted by atomic mass is 14.4. The second-order valence-electron chi connectivity index (χ2n) is 11.2. The molecule has 0 spiro atoms. The molecule has 6 aromatic rings. The molecule has 0 amide bonds. The van der Waals surface area contributed by atoms with Gasteiger partial charge in [-0.1, -0.05) is 73.2 Å². The molecule has 0 radical (unpaired) electrons. The Labute approximate surface area is 200 Å². The molecular weight excluding hydrogens is 408 g/mol. The van der Waals surface area contributed by atoms with Crippen LogP contribution in [0, 0.1) is 26.7 Å². The Bertz CT molecular complexity index is 1850. The molecule has 34 heavy (non-hydrogen) atoms. The van der Waals surface area contributed by atoms with E-state index < -0.39 is 0 Å². The Morgan fingerprint density at radius 2 is 1.44 bits per heavy atom. The standard InChI is InChI=1S/C34H28/c1-17-12-21-13-18(2)15-28-29-16-20(4)30-26-7-5-6-22-19(3)8-9-23(32(22)26)24-10-11-25(33(29)34(24)30)27(14-17)31(21)28/h5-11,13,15-17,27H,12,14H2,1-4H3. The Balaban J connectivity index is 1.66. The fourth-order valence-corrected chi connectivity index (χ4v) is 7.72. The Kier molecular flexibility index (Phi) is 3.45. The van der Waals surface area contributed by atoms with E-state index in [2.05, 4.69) is 88.4 Å². The third kappa shape index (κ3) is 2.16. The summed E-state index contributed by atoms with van der Waals surface area (Å²) in [5.41, 5.74) is 11.9. The van der Waals surface area contributed by atoms with Gasteiger partial charge in [0.15, 0.2) is 0 Å². The Hall–Kier alpha value is -3.38.